The first-order valence-corrected chi connectivity index (χ1v) is 10.6. The minimum atomic E-state index is -0.661. The van der Waals surface area contributed by atoms with Crippen LogP contribution < -0.4 is 5.32 Å². The number of amides is 1. The lowest BCUT2D eigenvalue weighted by molar-refractivity contribution is -0.145. The number of esters is 1. The molecular formula is C23H34N2O3. The Morgan fingerprint density at radius 1 is 1.04 bits per heavy atom. The first-order valence-electron chi connectivity index (χ1n) is 10.6. The van der Waals surface area contributed by atoms with Gasteiger partial charge in [0.25, 0.3) is 0 Å². The van der Waals surface area contributed by atoms with E-state index in [1.54, 1.807) is 0 Å². The molecule has 0 aliphatic rings. The normalized spacial score (nSPS) is 12.1. The average Bonchev–Trinajstić information content (AvgIpc) is 3.12. The van der Waals surface area contributed by atoms with Gasteiger partial charge in [-0.3, -0.25) is 4.79 Å². The van der Waals surface area contributed by atoms with Crippen molar-refractivity contribution in [3.05, 3.63) is 36.0 Å². The van der Waals surface area contributed by atoms with Crippen molar-refractivity contribution in [3.8, 4) is 0 Å². The largest absolute Gasteiger partial charge is 0.467 e. The molecule has 154 valence electrons. The fraction of sp³-hybridized carbons (Fsp3) is 0.565. The molecule has 5 heteroatoms. The molecule has 0 radical (unpaired) electrons. The predicted octanol–water partition coefficient (Wildman–Crippen LogP) is 4.90. The molecule has 0 aliphatic carbocycles. The summed E-state index contributed by atoms with van der Waals surface area (Å²) in [5.74, 6) is -0.490. The number of nitrogens with one attached hydrogen (secondary N) is 2. The second kappa shape index (κ2) is 12.2. The summed E-state index contributed by atoms with van der Waals surface area (Å²) in [5.41, 5.74) is 2.02. The molecule has 0 saturated carbocycles. The maximum atomic E-state index is 12.3. The van der Waals surface area contributed by atoms with Gasteiger partial charge in [0.15, 0.2) is 0 Å². The molecule has 1 atom stereocenters. The van der Waals surface area contributed by atoms with Gasteiger partial charge in [0.1, 0.15) is 6.04 Å². The summed E-state index contributed by atoms with van der Waals surface area (Å²) in [6.07, 6.45) is 12.3. The van der Waals surface area contributed by atoms with Crippen molar-refractivity contribution in [3.63, 3.8) is 0 Å². The molecule has 0 fully saturated rings. The molecule has 2 rings (SSSR count). The minimum Gasteiger partial charge on any atom is -0.467 e. The summed E-state index contributed by atoms with van der Waals surface area (Å²) in [6.45, 7) is 2.22. The third kappa shape index (κ3) is 7.02. The van der Waals surface area contributed by atoms with Crippen LogP contribution in [0.1, 0.15) is 70.3 Å². The predicted molar refractivity (Wildman–Crippen MR) is 113 cm³/mol. The summed E-state index contributed by atoms with van der Waals surface area (Å²) in [4.78, 5) is 27.7. The molecule has 1 aromatic carbocycles. The zero-order chi connectivity index (χ0) is 20.2. The van der Waals surface area contributed by atoms with Crippen LogP contribution in [0.5, 0.6) is 0 Å². The Morgan fingerprint density at radius 3 is 2.43 bits per heavy atom. The Labute approximate surface area is 168 Å². The smallest absolute Gasteiger partial charge is 0.328 e. The fourth-order valence-electron chi connectivity index (χ4n) is 3.54. The third-order valence-corrected chi connectivity index (χ3v) is 5.18. The molecule has 2 N–H and O–H groups in total. The Bertz CT molecular complexity index is 738. The maximum absolute atomic E-state index is 12.3. The van der Waals surface area contributed by atoms with E-state index in [4.69, 9.17) is 4.74 Å². The molecule has 0 bridgehead atoms. The van der Waals surface area contributed by atoms with Gasteiger partial charge in [-0.25, -0.2) is 4.79 Å². The van der Waals surface area contributed by atoms with Crippen LogP contribution in [0.2, 0.25) is 0 Å². The number of para-hydroxylation sites is 1. The quantitative estimate of drug-likeness (QED) is 0.380. The maximum Gasteiger partial charge on any atom is 0.328 e. The van der Waals surface area contributed by atoms with Crippen LogP contribution in [0.4, 0.5) is 0 Å². The van der Waals surface area contributed by atoms with Gasteiger partial charge in [-0.15, -0.1) is 0 Å². The van der Waals surface area contributed by atoms with E-state index in [-0.39, 0.29) is 5.91 Å². The Kier molecular flexibility index (Phi) is 9.60. The number of aromatic amines is 1. The third-order valence-electron chi connectivity index (χ3n) is 5.18. The number of ether oxygens (including phenoxy) is 1. The van der Waals surface area contributed by atoms with Crippen molar-refractivity contribution in [2.45, 2.75) is 77.2 Å². The van der Waals surface area contributed by atoms with Crippen LogP contribution in [-0.2, 0) is 20.7 Å². The molecule has 0 saturated heterocycles. The number of unbranched alkanes of at least 4 members (excludes halogenated alkanes) is 7. The van der Waals surface area contributed by atoms with Crippen molar-refractivity contribution in [2.75, 3.05) is 7.11 Å². The van der Waals surface area contributed by atoms with Crippen molar-refractivity contribution >= 4 is 22.8 Å². The van der Waals surface area contributed by atoms with E-state index >= 15 is 0 Å². The summed E-state index contributed by atoms with van der Waals surface area (Å²) < 4.78 is 4.90. The highest BCUT2D eigenvalue weighted by Crippen LogP contribution is 2.19. The molecule has 2 aromatic rings. The molecule has 5 nitrogen and oxygen atoms in total. The van der Waals surface area contributed by atoms with Crippen molar-refractivity contribution < 1.29 is 14.3 Å². The second-order valence-corrected chi connectivity index (χ2v) is 7.43. The number of H-pyrrole nitrogens is 1. The van der Waals surface area contributed by atoms with Gasteiger partial charge in [-0.2, -0.15) is 0 Å². The molecule has 0 aliphatic heterocycles. The lowest BCUT2D eigenvalue weighted by atomic mass is 10.0. The van der Waals surface area contributed by atoms with E-state index in [0.29, 0.717) is 12.8 Å². The highest BCUT2D eigenvalue weighted by Gasteiger charge is 2.23. The summed E-state index contributed by atoms with van der Waals surface area (Å²) in [7, 11) is 1.36. The number of benzene rings is 1. The molecule has 1 amide bonds. The van der Waals surface area contributed by atoms with E-state index in [1.165, 1.54) is 45.6 Å². The Morgan fingerprint density at radius 2 is 1.71 bits per heavy atom. The minimum absolute atomic E-state index is 0.0822. The van der Waals surface area contributed by atoms with Gasteiger partial charge >= 0.3 is 5.97 Å². The number of aromatic nitrogens is 1. The Balaban J connectivity index is 1.78. The number of carbonyl (C=O) groups excluding carboxylic acids is 2. The average molecular weight is 387 g/mol. The Hall–Kier alpha value is -2.30. The van der Waals surface area contributed by atoms with Crippen LogP contribution >= 0.6 is 0 Å². The highest BCUT2D eigenvalue weighted by molar-refractivity contribution is 5.87. The molecule has 1 aromatic heterocycles. The van der Waals surface area contributed by atoms with E-state index in [2.05, 4.69) is 17.2 Å². The monoisotopic (exact) mass is 386 g/mol. The van der Waals surface area contributed by atoms with E-state index < -0.39 is 12.0 Å². The summed E-state index contributed by atoms with van der Waals surface area (Å²) in [5, 5.41) is 3.93. The van der Waals surface area contributed by atoms with Crippen molar-refractivity contribution in [2.24, 2.45) is 0 Å². The lowest BCUT2D eigenvalue weighted by Crippen LogP contribution is -2.42. The van der Waals surface area contributed by atoms with E-state index in [9.17, 15) is 9.59 Å². The number of fused-ring (bicyclic) bond motifs is 1. The summed E-state index contributed by atoms with van der Waals surface area (Å²) in [6, 6.07) is 7.27. The standard InChI is InChI=1S/C23H34N2O3/c1-3-4-5-6-7-8-9-10-15-22(26)25-21(23(27)28-2)16-18-17-24-20-14-12-11-13-19(18)20/h11-14,17,21,24H,3-10,15-16H2,1-2H3,(H,25,26). The number of rotatable bonds is 13. The molecule has 0 spiro atoms. The van der Waals surface area contributed by atoms with Crippen LogP contribution in [0.3, 0.4) is 0 Å². The lowest BCUT2D eigenvalue weighted by Gasteiger charge is -2.16. The first-order chi connectivity index (χ1) is 13.7. The van der Waals surface area contributed by atoms with Gasteiger partial charge in [0.2, 0.25) is 5.91 Å². The molecule has 1 heterocycles. The van der Waals surface area contributed by atoms with Crippen molar-refractivity contribution in [1.82, 2.24) is 10.3 Å². The van der Waals surface area contributed by atoms with Crippen LogP contribution in [-0.4, -0.2) is 30.0 Å². The van der Waals surface area contributed by atoms with Gasteiger partial charge in [-0.1, -0.05) is 70.1 Å². The zero-order valence-corrected chi connectivity index (χ0v) is 17.3. The zero-order valence-electron chi connectivity index (χ0n) is 17.3. The van der Waals surface area contributed by atoms with Gasteiger partial charge in [0.05, 0.1) is 7.11 Å². The van der Waals surface area contributed by atoms with Gasteiger partial charge in [0, 0.05) is 29.9 Å². The van der Waals surface area contributed by atoms with E-state index in [1.807, 2.05) is 30.5 Å². The molecular weight excluding hydrogens is 352 g/mol. The molecule has 1 unspecified atom stereocenters. The van der Waals surface area contributed by atoms with Crippen LogP contribution in [0.25, 0.3) is 10.9 Å². The van der Waals surface area contributed by atoms with Crippen LogP contribution in [0, 0.1) is 0 Å². The highest BCUT2D eigenvalue weighted by atomic mass is 16.5. The van der Waals surface area contributed by atoms with Gasteiger partial charge in [-0.05, 0) is 18.1 Å². The second-order valence-electron chi connectivity index (χ2n) is 7.43. The SMILES string of the molecule is CCCCCCCCCCC(=O)NC(Cc1c[nH]c2ccccc12)C(=O)OC. The number of methoxy groups -OCH3 is 1. The summed E-state index contributed by atoms with van der Waals surface area (Å²) >= 11 is 0. The number of hydrogen-bond acceptors (Lipinski definition) is 3. The number of carbonyl (C=O) groups is 2. The topological polar surface area (TPSA) is 71.2 Å². The molecule has 28 heavy (non-hydrogen) atoms. The fourth-order valence-corrected chi connectivity index (χ4v) is 3.54. The van der Waals surface area contributed by atoms with Crippen molar-refractivity contribution in [1.29, 1.82) is 0 Å². The first kappa shape index (κ1) is 22.0. The van der Waals surface area contributed by atoms with E-state index in [0.717, 1.165) is 29.3 Å². The van der Waals surface area contributed by atoms with Crippen LogP contribution in [0.15, 0.2) is 30.5 Å². The number of hydrogen-bond donors (Lipinski definition) is 2. The van der Waals surface area contributed by atoms with Gasteiger partial charge < -0.3 is 15.0 Å².